The first kappa shape index (κ1) is 16.5. The van der Waals surface area contributed by atoms with E-state index in [1.54, 1.807) is 0 Å². The van der Waals surface area contributed by atoms with Gasteiger partial charge in [-0.1, -0.05) is 17.7 Å². The van der Waals surface area contributed by atoms with Gasteiger partial charge in [0.15, 0.2) is 11.9 Å². The van der Waals surface area contributed by atoms with Gasteiger partial charge in [-0.15, -0.1) is 0 Å². The highest BCUT2D eigenvalue weighted by atomic mass is 16.5. The molecule has 0 spiro atoms. The largest absolute Gasteiger partial charge is 0.451 e. The van der Waals surface area contributed by atoms with Gasteiger partial charge >= 0.3 is 5.97 Å². The zero-order valence-electron chi connectivity index (χ0n) is 14.5. The fourth-order valence-electron chi connectivity index (χ4n) is 3.33. The molecule has 1 aromatic heterocycles. The SMILES string of the molecule is Cc1ccc(-n2c(C)cc(C(=O)O[C@@H]3CCCCC3=O)c2C)cc1. The van der Waals surface area contributed by atoms with Gasteiger partial charge in [-0.2, -0.15) is 0 Å². The van der Waals surface area contributed by atoms with Gasteiger partial charge < -0.3 is 9.30 Å². The molecule has 0 amide bonds. The minimum atomic E-state index is -0.575. The van der Waals surface area contributed by atoms with Crippen molar-refractivity contribution in [3.8, 4) is 5.69 Å². The number of Topliss-reactive ketones (excluding diaryl/α,β-unsaturated/α-hetero) is 1. The molecule has 1 saturated carbocycles. The second-order valence-electron chi connectivity index (χ2n) is 6.56. The number of ketones is 1. The lowest BCUT2D eigenvalue weighted by atomic mass is 9.96. The summed E-state index contributed by atoms with van der Waals surface area (Å²) < 4.78 is 7.53. The lowest BCUT2D eigenvalue weighted by molar-refractivity contribution is -0.129. The molecule has 24 heavy (non-hydrogen) atoms. The number of esters is 1. The maximum absolute atomic E-state index is 12.5. The monoisotopic (exact) mass is 325 g/mol. The fraction of sp³-hybridized carbons (Fsp3) is 0.400. The Morgan fingerprint density at radius 1 is 1.12 bits per heavy atom. The van der Waals surface area contributed by atoms with Crippen molar-refractivity contribution in [2.75, 3.05) is 0 Å². The third-order valence-electron chi connectivity index (χ3n) is 4.69. The topological polar surface area (TPSA) is 48.3 Å². The first-order valence-corrected chi connectivity index (χ1v) is 8.47. The molecular formula is C20H23NO3. The molecule has 3 rings (SSSR count). The van der Waals surface area contributed by atoms with Crippen molar-refractivity contribution in [2.24, 2.45) is 0 Å². The van der Waals surface area contributed by atoms with Crippen molar-refractivity contribution in [3.05, 3.63) is 52.8 Å². The third kappa shape index (κ3) is 3.14. The fourth-order valence-corrected chi connectivity index (χ4v) is 3.33. The van der Waals surface area contributed by atoms with Gasteiger partial charge in [0.25, 0.3) is 0 Å². The maximum atomic E-state index is 12.5. The van der Waals surface area contributed by atoms with Crippen molar-refractivity contribution in [1.29, 1.82) is 0 Å². The summed E-state index contributed by atoms with van der Waals surface area (Å²) >= 11 is 0. The molecule has 4 nitrogen and oxygen atoms in total. The standard InChI is InChI=1S/C20H23NO3/c1-13-8-10-16(11-9-13)21-14(2)12-17(15(21)3)20(23)24-19-7-5-4-6-18(19)22/h8-12,19H,4-7H2,1-3H3/t19-/m1/s1. The Bertz CT molecular complexity index is 771. The summed E-state index contributed by atoms with van der Waals surface area (Å²) in [4.78, 5) is 24.4. The van der Waals surface area contributed by atoms with Gasteiger partial charge in [0, 0.05) is 23.5 Å². The molecule has 126 valence electrons. The average molecular weight is 325 g/mol. The molecule has 4 heteroatoms. The number of hydrogen-bond donors (Lipinski definition) is 0. The minimum absolute atomic E-state index is 0.0435. The van der Waals surface area contributed by atoms with Crippen LogP contribution >= 0.6 is 0 Å². The smallest absolute Gasteiger partial charge is 0.340 e. The van der Waals surface area contributed by atoms with Gasteiger partial charge in [-0.25, -0.2) is 4.79 Å². The Morgan fingerprint density at radius 2 is 1.83 bits per heavy atom. The zero-order chi connectivity index (χ0) is 17.3. The number of benzene rings is 1. The van der Waals surface area contributed by atoms with Crippen LogP contribution in [0.3, 0.4) is 0 Å². The van der Waals surface area contributed by atoms with Crippen molar-refractivity contribution >= 4 is 11.8 Å². The van der Waals surface area contributed by atoms with E-state index < -0.39 is 12.1 Å². The Balaban J connectivity index is 1.86. The molecule has 0 N–H and O–H groups in total. The van der Waals surface area contributed by atoms with E-state index in [2.05, 4.69) is 0 Å². The van der Waals surface area contributed by atoms with E-state index in [0.717, 1.165) is 29.9 Å². The number of ether oxygens (including phenoxy) is 1. The molecule has 0 aliphatic heterocycles. The molecule has 1 heterocycles. The summed E-state index contributed by atoms with van der Waals surface area (Å²) in [5.41, 5.74) is 4.55. The predicted molar refractivity (Wildman–Crippen MR) is 92.7 cm³/mol. The molecule has 0 saturated heterocycles. The van der Waals surface area contributed by atoms with Crippen LogP contribution in [-0.4, -0.2) is 22.4 Å². The van der Waals surface area contributed by atoms with Crippen LogP contribution in [0.2, 0.25) is 0 Å². The number of nitrogens with zero attached hydrogens (tertiary/aromatic N) is 1. The van der Waals surface area contributed by atoms with E-state index in [4.69, 9.17) is 4.74 Å². The zero-order valence-corrected chi connectivity index (χ0v) is 14.5. The normalized spacial score (nSPS) is 17.8. The molecule has 1 atom stereocenters. The number of rotatable bonds is 3. The summed E-state index contributed by atoms with van der Waals surface area (Å²) in [7, 11) is 0. The third-order valence-corrected chi connectivity index (χ3v) is 4.69. The second kappa shape index (κ2) is 6.63. The Kier molecular flexibility index (Phi) is 4.56. The lowest BCUT2D eigenvalue weighted by Crippen LogP contribution is -2.30. The lowest BCUT2D eigenvalue weighted by Gasteiger charge is -2.20. The summed E-state index contributed by atoms with van der Waals surface area (Å²) in [6.45, 7) is 5.92. The van der Waals surface area contributed by atoms with E-state index in [1.807, 2.05) is 55.7 Å². The van der Waals surface area contributed by atoms with E-state index in [0.29, 0.717) is 18.4 Å². The Labute approximate surface area is 142 Å². The first-order valence-electron chi connectivity index (χ1n) is 8.47. The van der Waals surface area contributed by atoms with Crippen molar-refractivity contribution in [1.82, 2.24) is 4.57 Å². The van der Waals surface area contributed by atoms with Crippen LogP contribution in [0, 0.1) is 20.8 Å². The van der Waals surface area contributed by atoms with Crippen LogP contribution in [-0.2, 0) is 9.53 Å². The number of aromatic nitrogens is 1. The number of aryl methyl sites for hydroxylation is 2. The van der Waals surface area contributed by atoms with Gasteiger partial charge in [0.1, 0.15) is 0 Å². The van der Waals surface area contributed by atoms with Crippen molar-refractivity contribution < 1.29 is 14.3 Å². The van der Waals surface area contributed by atoms with E-state index in [9.17, 15) is 9.59 Å². The van der Waals surface area contributed by atoms with Crippen LogP contribution in [0.15, 0.2) is 30.3 Å². The van der Waals surface area contributed by atoms with E-state index >= 15 is 0 Å². The van der Waals surface area contributed by atoms with Crippen molar-refractivity contribution in [2.45, 2.75) is 52.6 Å². The molecule has 0 bridgehead atoms. The van der Waals surface area contributed by atoms with E-state index in [1.165, 1.54) is 5.56 Å². The summed E-state index contributed by atoms with van der Waals surface area (Å²) in [5, 5.41) is 0. The van der Waals surface area contributed by atoms with Crippen LogP contribution in [0.1, 0.15) is 53.0 Å². The second-order valence-corrected chi connectivity index (χ2v) is 6.56. The molecule has 1 aliphatic carbocycles. The quantitative estimate of drug-likeness (QED) is 0.799. The summed E-state index contributed by atoms with van der Waals surface area (Å²) in [6.07, 6.45) is 2.41. The number of carbonyl (C=O) groups is 2. The van der Waals surface area contributed by atoms with Gasteiger partial charge in [0.2, 0.25) is 0 Å². The molecule has 1 aromatic carbocycles. The van der Waals surface area contributed by atoms with Crippen LogP contribution < -0.4 is 0 Å². The highest BCUT2D eigenvalue weighted by Crippen LogP contribution is 2.24. The highest BCUT2D eigenvalue weighted by molar-refractivity contribution is 5.94. The molecule has 1 aliphatic rings. The Morgan fingerprint density at radius 3 is 2.50 bits per heavy atom. The number of carbonyl (C=O) groups excluding carboxylic acids is 2. The predicted octanol–water partition coefficient (Wildman–Crippen LogP) is 4.07. The highest BCUT2D eigenvalue weighted by Gasteiger charge is 2.27. The van der Waals surface area contributed by atoms with Crippen LogP contribution in [0.25, 0.3) is 5.69 Å². The number of hydrogen-bond acceptors (Lipinski definition) is 3. The molecular weight excluding hydrogens is 302 g/mol. The average Bonchev–Trinajstić information content (AvgIpc) is 2.85. The molecule has 2 aromatic rings. The van der Waals surface area contributed by atoms with Crippen molar-refractivity contribution in [3.63, 3.8) is 0 Å². The molecule has 1 fully saturated rings. The molecule has 0 unspecified atom stereocenters. The van der Waals surface area contributed by atoms with Crippen LogP contribution in [0.5, 0.6) is 0 Å². The summed E-state index contributed by atoms with van der Waals surface area (Å²) in [6, 6.07) is 10.0. The van der Waals surface area contributed by atoms with E-state index in [-0.39, 0.29) is 5.78 Å². The summed E-state index contributed by atoms with van der Waals surface area (Å²) in [5.74, 6) is -0.358. The Hall–Kier alpha value is -2.36. The minimum Gasteiger partial charge on any atom is -0.451 e. The molecule has 0 radical (unpaired) electrons. The maximum Gasteiger partial charge on any atom is 0.340 e. The first-order chi connectivity index (χ1) is 11.5. The van der Waals surface area contributed by atoms with Gasteiger partial charge in [0.05, 0.1) is 5.56 Å². The van der Waals surface area contributed by atoms with Crippen LogP contribution in [0.4, 0.5) is 0 Å². The van der Waals surface area contributed by atoms with Gasteiger partial charge in [-0.3, -0.25) is 4.79 Å². The van der Waals surface area contributed by atoms with Gasteiger partial charge in [-0.05, 0) is 58.2 Å².